The lowest BCUT2D eigenvalue weighted by atomic mass is 9.88. The first kappa shape index (κ1) is 9.97. The number of hydrogen-bond donors (Lipinski definition) is 0. The maximum Gasteiger partial charge on any atom is 0.0468 e. The quantitative estimate of drug-likeness (QED) is 0.680. The first-order valence-corrected chi connectivity index (χ1v) is 6.49. The van der Waals surface area contributed by atoms with E-state index in [0.29, 0.717) is 0 Å². The third kappa shape index (κ3) is 2.69. The van der Waals surface area contributed by atoms with E-state index >= 15 is 0 Å². The Morgan fingerprint density at radius 2 is 1.85 bits per heavy atom. The Bertz CT molecular complexity index is 154. The Morgan fingerprint density at radius 3 is 2.46 bits per heavy atom. The van der Waals surface area contributed by atoms with Crippen molar-refractivity contribution in [1.82, 2.24) is 0 Å². The van der Waals surface area contributed by atoms with Crippen LogP contribution in [0.25, 0.3) is 0 Å². The molecule has 1 aliphatic heterocycles. The average Bonchev–Trinajstić information content (AvgIpc) is 2.54. The molecule has 0 aromatic heterocycles. The molecule has 0 aromatic rings. The second-order valence-electron chi connectivity index (χ2n) is 4.50. The molecule has 1 nitrogen and oxygen atoms in total. The number of rotatable bonds is 2. The summed E-state index contributed by atoms with van der Waals surface area (Å²) in [5.41, 5.74) is 0. The zero-order chi connectivity index (χ0) is 9.10. The highest BCUT2D eigenvalue weighted by Crippen LogP contribution is 2.37. The number of hydrogen-bond acceptors (Lipinski definition) is 1. The summed E-state index contributed by atoms with van der Waals surface area (Å²) < 4.78 is 5.38. The van der Waals surface area contributed by atoms with Gasteiger partial charge in [-0.1, -0.05) is 22.4 Å². The topological polar surface area (TPSA) is 9.23 Å². The van der Waals surface area contributed by atoms with Crippen LogP contribution in [0.5, 0.6) is 0 Å². The summed E-state index contributed by atoms with van der Waals surface area (Å²) in [6.07, 6.45) is 8.33. The molecule has 0 aromatic carbocycles. The SMILES string of the molecule is BrC1CCCC1CC1CCOCC1. The predicted molar refractivity (Wildman–Crippen MR) is 58.2 cm³/mol. The number of alkyl halides is 1. The van der Waals surface area contributed by atoms with Crippen LogP contribution in [0.2, 0.25) is 0 Å². The van der Waals surface area contributed by atoms with Gasteiger partial charge in [-0.3, -0.25) is 0 Å². The minimum Gasteiger partial charge on any atom is -0.381 e. The van der Waals surface area contributed by atoms with E-state index in [9.17, 15) is 0 Å². The van der Waals surface area contributed by atoms with Crippen LogP contribution in [-0.2, 0) is 4.74 Å². The molecule has 2 aliphatic rings. The molecule has 0 spiro atoms. The summed E-state index contributed by atoms with van der Waals surface area (Å²) in [5, 5.41) is 0. The van der Waals surface area contributed by atoms with E-state index < -0.39 is 0 Å². The van der Waals surface area contributed by atoms with Crippen molar-refractivity contribution in [3.63, 3.8) is 0 Å². The van der Waals surface area contributed by atoms with Gasteiger partial charge in [-0.15, -0.1) is 0 Å². The van der Waals surface area contributed by atoms with E-state index in [2.05, 4.69) is 15.9 Å². The van der Waals surface area contributed by atoms with E-state index in [1.807, 2.05) is 0 Å². The summed E-state index contributed by atoms with van der Waals surface area (Å²) >= 11 is 3.80. The molecule has 0 radical (unpaired) electrons. The van der Waals surface area contributed by atoms with Crippen molar-refractivity contribution < 1.29 is 4.74 Å². The van der Waals surface area contributed by atoms with E-state index in [1.54, 1.807) is 0 Å². The molecular weight excluding hydrogens is 228 g/mol. The van der Waals surface area contributed by atoms with Crippen molar-refractivity contribution in [2.45, 2.75) is 43.4 Å². The van der Waals surface area contributed by atoms with E-state index in [-0.39, 0.29) is 0 Å². The standard InChI is InChI=1S/C11H19BrO/c12-11-3-1-2-10(11)8-9-4-6-13-7-5-9/h9-11H,1-8H2. The molecule has 1 heterocycles. The van der Waals surface area contributed by atoms with Crippen molar-refractivity contribution in [3.8, 4) is 0 Å². The molecule has 13 heavy (non-hydrogen) atoms. The highest BCUT2D eigenvalue weighted by molar-refractivity contribution is 9.09. The van der Waals surface area contributed by atoms with Gasteiger partial charge in [0.15, 0.2) is 0 Å². The summed E-state index contributed by atoms with van der Waals surface area (Å²) in [4.78, 5) is 0.815. The number of ether oxygens (including phenoxy) is 1. The molecule has 1 saturated heterocycles. The second kappa shape index (κ2) is 4.79. The Hall–Kier alpha value is 0.440. The maximum atomic E-state index is 5.38. The third-order valence-corrected chi connectivity index (χ3v) is 4.75. The summed E-state index contributed by atoms with van der Waals surface area (Å²) in [6, 6.07) is 0. The highest BCUT2D eigenvalue weighted by atomic mass is 79.9. The molecule has 0 amide bonds. The molecule has 1 aliphatic carbocycles. The lowest BCUT2D eigenvalue weighted by molar-refractivity contribution is 0.0591. The fourth-order valence-corrected chi connectivity index (χ4v) is 3.47. The van der Waals surface area contributed by atoms with Gasteiger partial charge >= 0.3 is 0 Å². The van der Waals surface area contributed by atoms with Gasteiger partial charge in [0.25, 0.3) is 0 Å². The van der Waals surface area contributed by atoms with Crippen LogP contribution in [0, 0.1) is 11.8 Å². The van der Waals surface area contributed by atoms with Gasteiger partial charge in [0.05, 0.1) is 0 Å². The minimum absolute atomic E-state index is 0.815. The van der Waals surface area contributed by atoms with Crippen LogP contribution in [0.4, 0.5) is 0 Å². The van der Waals surface area contributed by atoms with Crippen molar-refractivity contribution in [2.75, 3.05) is 13.2 Å². The third-order valence-electron chi connectivity index (χ3n) is 3.54. The fraction of sp³-hybridized carbons (Fsp3) is 1.00. The van der Waals surface area contributed by atoms with Gasteiger partial charge in [-0.25, -0.2) is 0 Å². The number of halogens is 1. The predicted octanol–water partition coefficient (Wildman–Crippen LogP) is 3.37. The van der Waals surface area contributed by atoms with Crippen molar-refractivity contribution in [2.24, 2.45) is 11.8 Å². The summed E-state index contributed by atoms with van der Waals surface area (Å²) in [6.45, 7) is 2.01. The van der Waals surface area contributed by atoms with Crippen LogP contribution in [0.1, 0.15) is 38.5 Å². The summed E-state index contributed by atoms with van der Waals surface area (Å²) in [7, 11) is 0. The Labute approximate surface area is 89.4 Å². The van der Waals surface area contributed by atoms with Crippen LogP contribution >= 0.6 is 15.9 Å². The van der Waals surface area contributed by atoms with E-state index in [4.69, 9.17) is 4.74 Å². The monoisotopic (exact) mass is 246 g/mol. The van der Waals surface area contributed by atoms with E-state index in [0.717, 1.165) is 29.9 Å². The van der Waals surface area contributed by atoms with Crippen LogP contribution in [0.15, 0.2) is 0 Å². The Morgan fingerprint density at radius 1 is 1.08 bits per heavy atom. The van der Waals surface area contributed by atoms with Crippen LogP contribution < -0.4 is 0 Å². The van der Waals surface area contributed by atoms with Gasteiger partial charge < -0.3 is 4.74 Å². The zero-order valence-electron chi connectivity index (χ0n) is 8.18. The van der Waals surface area contributed by atoms with E-state index in [1.165, 1.54) is 38.5 Å². The lowest BCUT2D eigenvalue weighted by Crippen LogP contribution is -2.20. The maximum absolute atomic E-state index is 5.38. The first-order chi connectivity index (χ1) is 6.36. The summed E-state index contributed by atoms with van der Waals surface area (Å²) in [5.74, 6) is 1.92. The van der Waals surface area contributed by atoms with Crippen LogP contribution in [0.3, 0.4) is 0 Å². The first-order valence-electron chi connectivity index (χ1n) is 5.58. The average molecular weight is 247 g/mol. The van der Waals surface area contributed by atoms with Crippen molar-refractivity contribution >= 4 is 15.9 Å². The largest absolute Gasteiger partial charge is 0.381 e. The lowest BCUT2D eigenvalue weighted by Gasteiger charge is -2.25. The van der Waals surface area contributed by atoms with Crippen molar-refractivity contribution in [1.29, 1.82) is 0 Å². The van der Waals surface area contributed by atoms with Crippen LogP contribution in [-0.4, -0.2) is 18.0 Å². The smallest absolute Gasteiger partial charge is 0.0468 e. The molecular formula is C11H19BrO. The Kier molecular flexibility index (Phi) is 3.67. The molecule has 2 fully saturated rings. The molecule has 1 saturated carbocycles. The van der Waals surface area contributed by atoms with Gasteiger partial charge in [-0.05, 0) is 43.9 Å². The molecule has 2 atom stereocenters. The minimum atomic E-state index is 0.815. The van der Waals surface area contributed by atoms with Gasteiger partial charge in [0.2, 0.25) is 0 Å². The van der Waals surface area contributed by atoms with Gasteiger partial charge in [0.1, 0.15) is 0 Å². The van der Waals surface area contributed by atoms with Gasteiger partial charge in [-0.2, -0.15) is 0 Å². The molecule has 2 heteroatoms. The zero-order valence-corrected chi connectivity index (χ0v) is 9.76. The normalized spacial score (nSPS) is 36.7. The van der Waals surface area contributed by atoms with Crippen molar-refractivity contribution in [3.05, 3.63) is 0 Å². The van der Waals surface area contributed by atoms with Gasteiger partial charge in [0, 0.05) is 18.0 Å². The molecule has 0 N–H and O–H groups in total. The molecule has 2 rings (SSSR count). The molecule has 76 valence electrons. The Balaban J connectivity index is 1.75. The molecule has 0 bridgehead atoms. The highest BCUT2D eigenvalue weighted by Gasteiger charge is 2.28. The second-order valence-corrected chi connectivity index (χ2v) is 5.67. The molecule has 2 unspecified atom stereocenters. The fourth-order valence-electron chi connectivity index (χ4n) is 2.67.